The second-order valence-corrected chi connectivity index (χ2v) is 9.16. The molecule has 0 heterocycles. The van der Waals surface area contributed by atoms with Gasteiger partial charge in [-0.1, -0.05) is 24.3 Å². The molecular weight excluding hydrogens is 334 g/mol. The summed E-state index contributed by atoms with van der Waals surface area (Å²) in [6.07, 6.45) is 4.79. The van der Waals surface area contributed by atoms with Crippen LogP contribution in [0.2, 0.25) is 0 Å². The van der Waals surface area contributed by atoms with Crippen LogP contribution in [0, 0.1) is 5.92 Å². The molecule has 132 valence electrons. The lowest BCUT2D eigenvalue weighted by atomic mass is 10.1. The van der Waals surface area contributed by atoms with Gasteiger partial charge in [0.2, 0.25) is 0 Å². The maximum Gasteiger partial charge on any atom is 0.175 e. The summed E-state index contributed by atoms with van der Waals surface area (Å²) in [5.74, 6) is 1.52. The second kappa shape index (κ2) is 6.46. The fourth-order valence-corrected chi connectivity index (χ4v) is 4.07. The smallest absolute Gasteiger partial charge is 0.175 e. The molecule has 2 aromatic rings. The lowest BCUT2D eigenvalue weighted by Crippen LogP contribution is -2.36. The Bertz CT molecular complexity index is 857. The van der Waals surface area contributed by atoms with E-state index in [4.69, 9.17) is 4.74 Å². The van der Waals surface area contributed by atoms with Crippen LogP contribution in [0.25, 0.3) is 0 Å². The van der Waals surface area contributed by atoms with Crippen LogP contribution < -0.4 is 10.1 Å². The van der Waals surface area contributed by atoms with Crippen molar-refractivity contribution in [1.82, 2.24) is 5.32 Å². The number of sulfone groups is 1. The highest BCUT2D eigenvalue weighted by Gasteiger charge is 2.35. The van der Waals surface area contributed by atoms with Gasteiger partial charge in [0, 0.05) is 6.26 Å². The molecular formula is C20H23NO3S. The molecule has 1 fully saturated rings. The Morgan fingerprint density at radius 1 is 1.08 bits per heavy atom. The zero-order valence-corrected chi connectivity index (χ0v) is 15.1. The Morgan fingerprint density at radius 2 is 1.80 bits per heavy atom. The van der Waals surface area contributed by atoms with Gasteiger partial charge in [0.15, 0.2) is 9.84 Å². The molecule has 4 rings (SSSR count). The Morgan fingerprint density at radius 3 is 2.48 bits per heavy atom. The Labute approximate surface area is 149 Å². The first-order valence-electron chi connectivity index (χ1n) is 8.79. The quantitative estimate of drug-likeness (QED) is 0.863. The van der Waals surface area contributed by atoms with Crippen molar-refractivity contribution in [2.75, 3.05) is 12.8 Å². The van der Waals surface area contributed by atoms with Gasteiger partial charge < -0.3 is 10.1 Å². The van der Waals surface area contributed by atoms with Crippen LogP contribution in [0.3, 0.4) is 0 Å². The minimum Gasteiger partial charge on any atom is -0.484 e. The van der Waals surface area contributed by atoms with Crippen molar-refractivity contribution < 1.29 is 13.2 Å². The first-order chi connectivity index (χ1) is 12.0. The lowest BCUT2D eigenvalue weighted by molar-refractivity contribution is 0.167. The molecule has 0 bridgehead atoms. The number of rotatable bonds is 6. The first kappa shape index (κ1) is 16.6. The summed E-state index contributed by atoms with van der Waals surface area (Å²) in [4.78, 5) is 0.315. The van der Waals surface area contributed by atoms with Crippen molar-refractivity contribution in [3.8, 4) is 5.75 Å². The molecule has 1 saturated carbocycles. The monoisotopic (exact) mass is 357 g/mol. The Kier molecular flexibility index (Phi) is 4.29. The summed E-state index contributed by atoms with van der Waals surface area (Å²) in [6, 6.07) is 15.4. The highest BCUT2D eigenvalue weighted by atomic mass is 32.2. The van der Waals surface area contributed by atoms with Crippen LogP contribution in [-0.2, 0) is 16.3 Å². The van der Waals surface area contributed by atoms with Crippen LogP contribution in [0.4, 0.5) is 0 Å². The van der Waals surface area contributed by atoms with Gasteiger partial charge in [0.25, 0.3) is 0 Å². The van der Waals surface area contributed by atoms with E-state index in [0.29, 0.717) is 10.6 Å². The van der Waals surface area contributed by atoms with Crippen molar-refractivity contribution in [2.45, 2.75) is 36.3 Å². The number of nitrogens with one attached hydrogen (secondary N) is 1. The molecule has 0 amide bonds. The topological polar surface area (TPSA) is 55.4 Å². The van der Waals surface area contributed by atoms with E-state index >= 15 is 0 Å². The Hall–Kier alpha value is -1.85. The van der Waals surface area contributed by atoms with E-state index in [1.165, 1.54) is 30.2 Å². The van der Waals surface area contributed by atoms with E-state index in [1.54, 1.807) is 24.3 Å². The van der Waals surface area contributed by atoms with E-state index in [2.05, 4.69) is 23.5 Å². The molecule has 4 nitrogen and oxygen atoms in total. The lowest BCUT2D eigenvalue weighted by Gasteiger charge is -2.23. The maximum atomic E-state index is 11.6. The average molecular weight is 357 g/mol. The number of hydrogen-bond acceptors (Lipinski definition) is 4. The zero-order valence-electron chi connectivity index (χ0n) is 14.3. The predicted molar refractivity (Wildman–Crippen MR) is 97.6 cm³/mol. The number of ether oxygens (including phenoxy) is 1. The minimum atomic E-state index is -3.19. The minimum absolute atomic E-state index is 0.0426. The fraction of sp³-hybridized carbons (Fsp3) is 0.400. The van der Waals surface area contributed by atoms with E-state index in [9.17, 15) is 8.42 Å². The molecule has 5 heteroatoms. The Balaban J connectivity index is 1.54. The van der Waals surface area contributed by atoms with E-state index in [1.807, 2.05) is 6.07 Å². The number of benzene rings is 2. The zero-order chi connectivity index (χ0) is 17.4. The van der Waals surface area contributed by atoms with E-state index in [0.717, 1.165) is 18.9 Å². The van der Waals surface area contributed by atoms with Gasteiger partial charge in [-0.2, -0.15) is 0 Å². The van der Waals surface area contributed by atoms with Crippen molar-refractivity contribution >= 4 is 9.84 Å². The molecule has 0 unspecified atom stereocenters. The van der Waals surface area contributed by atoms with Gasteiger partial charge in [-0.15, -0.1) is 0 Å². The van der Waals surface area contributed by atoms with E-state index in [-0.39, 0.29) is 12.1 Å². The maximum absolute atomic E-state index is 11.6. The molecule has 1 N–H and O–H groups in total. The molecule has 2 aromatic carbocycles. The largest absolute Gasteiger partial charge is 0.484 e. The summed E-state index contributed by atoms with van der Waals surface area (Å²) in [5.41, 5.74) is 2.55. The SMILES string of the molecule is CS(=O)(=O)c1ccc(O[C@@H]2c3ccccc3C[C@H]2NCC2CC2)cc1. The van der Waals surface area contributed by atoms with Gasteiger partial charge >= 0.3 is 0 Å². The summed E-state index contributed by atoms with van der Waals surface area (Å²) in [6.45, 7) is 1.05. The molecule has 2 aliphatic rings. The molecule has 0 aromatic heterocycles. The highest BCUT2D eigenvalue weighted by molar-refractivity contribution is 7.90. The summed E-state index contributed by atoms with van der Waals surface area (Å²) in [7, 11) is -3.19. The van der Waals surface area contributed by atoms with Gasteiger partial charge in [0.05, 0.1) is 10.9 Å². The third kappa shape index (κ3) is 3.72. The van der Waals surface area contributed by atoms with Crippen molar-refractivity contribution in [1.29, 1.82) is 0 Å². The summed E-state index contributed by atoms with van der Waals surface area (Å²) in [5, 5.41) is 3.68. The van der Waals surface area contributed by atoms with Crippen molar-refractivity contribution in [2.24, 2.45) is 5.92 Å². The molecule has 2 aliphatic carbocycles. The van der Waals surface area contributed by atoms with Crippen molar-refractivity contribution in [3.63, 3.8) is 0 Å². The van der Waals surface area contributed by atoms with Crippen LogP contribution in [0.15, 0.2) is 53.4 Å². The third-order valence-electron chi connectivity index (χ3n) is 5.05. The summed E-state index contributed by atoms with van der Waals surface area (Å²) < 4.78 is 29.5. The van der Waals surface area contributed by atoms with E-state index < -0.39 is 9.84 Å². The van der Waals surface area contributed by atoms with Gasteiger partial charge in [-0.3, -0.25) is 0 Å². The molecule has 0 radical (unpaired) electrons. The van der Waals surface area contributed by atoms with Gasteiger partial charge in [0.1, 0.15) is 11.9 Å². The normalized spacial score (nSPS) is 22.6. The molecule has 0 saturated heterocycles. The fourth-order valence-electron chi connectivity index (χ4n) is 3.44. The second-order valence-electron chi connectivity index (χ2n) is 7.14. The van der Waals surface area contributed by atoms with Gasteiger partial charge in [-0.05, 0) is 67.1 Å². The standard InChI is InChI=1S/C20H23NO3S/c1-25(22,23)17-10-8-16(9-11-17)24-20-18-5-3-2-4-15(18)12-19(20)21-13-14-6-7-14/h2-5,8-11,14,19-21H,6-7,12-13H2,1H3/t19-,20-/m1/s1. The van der Waals surface area contributed by atoms with Gasteiger partial charge in [-0.25, -0.2) is 8.42 Å². The number of fused-ring (bicyclic) bond motifs is 1. The number of hydrogen-bond donors (Lipinski definition) is 1. The molecule has 2 atom stereocenters. The molecule has 25 heavy (non-hydrogen) atoms. The molecule has 0 aliphatic heterocycles. The summed E-state index contributed by atoms with van der Waals surface area (Å²) >= 11 is 0. The van der Waals surface area contributed by atoms with Crippen LogP contribution in [-0.4, -0.2) is 27.3 Å². The predicted octanol–water partition coefficient (Wildman–Crippen LogP) is 3.13. The van der Waals surface area contributed by atoms with Crippen LogP contribution >= 0.6 is 0 Å². The molecule has 0 spiro atoms. The first-order valence-corrected chi connectivity index (χ1v) is 10.7. The highest BCUT2D eigenvalue weighted by Crippen LogP contribution is 2.36. The third-order valence-corrected chi connectivity index (χ3v) is 6.18. The van der Waals surface area contributed by atoms with Crippen LogP contribution in [0.1, 0.15) is 30.1 Å². The average Bonchev–Trinajstić information content (AvgIpc) is 3.36. The van der Waals surface area contributed by atoms with Crippen LogP contribution in [0.5, 0.6) is 5.75 Å². The van der Waals surface area contributed by atoms with Crippen molar-refractivity contribution in [3.05, 3.63) is 59.7 Å².